The molecule has 0 saturated carbocycles. The summed E-state index contributed by atoms with van der Waals surface area (Å²) in [6, 6.07) is 3.23. The number of carboxylic acids is 4. The van der Waals surface area contributed by atoms with Crippen molar-refractivity contribution in [3.8, 4) is 0 Å². The van der Waals surface area contributed by atoms with Crippen LogP contribution >= 0.6 is 23.5 Å². The van der Waals surface area contributed by atoms with Crippen molar-refractivity contribution in [3.63, 3.8) is 0 Å². The monoisotopic (exact) mass is 626 g/mol. The van der Waals surface area contributed by atoms with Gasteiger partial charge in [0.2, 0.25) is 0 Å². The van der Waals surface area contributed by atoms with Crippen LogP contribution in [0.3, 0.4) is 0 Å². The molecule has 0 unspecified atom stereocenters. The van der Waals surface area contributed by atoms with Gasteiger partial charge in [0.05, 0.1) is 11.1 Å². The molecule has 42 heavy (non-hydrogen) atoms. The van der Waals surface area contributed by atoms with Gasteiger partial charge in [-0.15, -0.1) is 0 Å². The fraction of sp³-hybridized carbons (Fsp3) is 0.688. The van der Waals surface area contributed by atoms with Crippen molar-refractivity contribution < 1.29 is 39.6 Å². The van der Waals surface area contributed by atoms with Gasteiger partial charge in [-0.05, 0) is 91.6 Å². The third-order valence-electron chi connectivity index (χ3n) is 7.16. The summed E-state index contributed by atoms with van der Waals surface area (Å²) in [4.78, 5) is 44.9. The van der Waals surface area contributed by atoms with Gasteiger partial charge in [-0.2, -0.15) is 23.5 Å². The number of rotatable bonds is 28. The highest BCUT2D eigenvalue weighted by atomic mass is 32.2. The number of aliphatic carboxylic acids is 2. The average molecular weight is 627 g/mol. The number of hydrogen-bond donors (Lipinski definition) is 4. The first-order valence-electron chi connectivity index (χ1n) is 15.4. The number of aromatic carboxylic acids is 2. The minimum atomic E-state index is -1.21. The number of carboxylic acid groups (broad SMARTS) is 4. The van der Waals surface area contributed by atoms with Crippen LogP contribution in [0.2, 0.25) is 0 Å². The van der Waals surface area contributed by atoms with Crippen LogP contribution in [0.1, 0.15) is 135 Å². The molecule has 0 bridgehead atoms. The fourth-order valence-electron chi connectivity index (χ4n) is 4.93. The number of thioether (sulfide) groups is 2. The van der Waals surface area contributed by atoms with E-state index >= 15 is 0 Å². The predicted molar refractivity (Wildman–Crippen MR) is 172 cm³/mol. The van der Waals surface area contributed by atoms with Crippen LogP contribution in [0.4, 0.5) is 0 Å². The lowest BCUT2D eigenvalue weighted by atomic mass is 9.91. The molecule has 4 N–H and O–H groups in total. The highest BCUT2D eigenvalue weighted by Crippen LogP contribution is 2.25. The zero-order chi connectivity index (χ0) is 31.0. The second-order valence-corrected chi connectivity index (χ2v) is 13.1. The summed E-state index contributed by atoms with van der Waals surface area (Å²) in [5.74, 6) is 0.113. The summed E-state index contributed by atoms with van der Waals surface area (Å²) >= 11 is 3.74. The van der Waals surface area contributed by atoms with Gasteiger partial charge in [-0.3, -0.25) is 9.59 Å². The summed E-state index contributed by atoms with van der Waals surface area (Å²) in [7, 11) is 0. The minimum Gasteiger partial charge on any atom is -0.481 e. The molecule has 238 valence electrons. The van der Waals surface area contributed by atoms with E-state index in [0.717, 1.165) is 125 Å². The van der Waals surface area contributed by atoms with E-state index in [0.29, 0.717) is 12.0 Å². The third kappa shape index (κ3) is 18.4. The first kappa shape index (κ1) is 37.8. The zero-order valence-electron chi connectivity index (χ0n) is 24.9. The lowest BCUT2D eigenvalue weighted by molar-refractivity contribution is -0.138. The standard InChI is InChI=1S/C32H50O8S2/c33-28(34)17-9-5-1-3-7-11-21-41-23-13-15-25-19-20-27(31(37)38)30(32(39)40)26(25)16-14-24-42-22-12-8-4-2-6-10-18-29(35)36/h19-20H,1-18,21-24H2,(H,33,34)(H,35,36)(H,37,38)(H,39,40). The Kier molecular flexibility index (Phi) is 21.9. The number of hydrogen-bond acceptors (Lipinski definition) is 6. The molecule has 10 heteroatoms. The van der Waals surface area contributed by atoms with E-state index in [2.05, 4.69) is 0 Å². The van der Waals surface area contributed by atoms with Crippen LogP contribution in [0.15, 0.2) is 12.1 Å². The lowest BCUT2D eigenvalue weighted by Gasteiger charge is -2.15. The van der Waals surface area contributed by atoms with Crippen LogP contribution in [0.5, 0.6) is 0 Å². The van der Waals surface area contributed by atoms with E-state index in [-0.39, 0.29) is 24.0 Å². The van der Waals surface area contributed by atoms with Gasteiger partial charge in [0.15, 0.2) is 0 Å². The molecule has 0 aliphatic carbocycles. The Hall–Kier alpha value is -2.20. The maximum absolute atomic E-state index is 12.1. The molecule has 8 nitrogen and oxygen atoms in total. The molecule has 1 rings (SSSR count). The molecule has 0 heterocycles. The average Bonchev–Trinajstić information content (AvgIpc) is 2.93. The molecule has 0 radical (unpaired) electrons. The molecule has 0 spiro atoms. The first-order chi connectivity index (χ1) is 20.2. The van der Waals surface area contributed by atoms with Crippen LogP contribution in [-0.4, -0.2) is 67.3 Å². The van der Waals surface area contributed by atoms with E-state index in [9.17, 15) is 29.4 Å². The van der Waals surface area contributed by atoms with Crippen molar-refractivity contribution in [1.82, 2.24) is 0 Å². The lowest BCUT2D eigenvalue weighted by Crippen LogP contribution is -2.14. The molecule has 0 aliphatic heterocycles. The van der Waals surface area contributed by atoms with E-state index in [1.807, 2.05) is 23.5 Å². The van der Waals surface area contributed by atoms with Gasteiger partial charge < -0.3 is 20.4 Å². The Morgan fingerprint density at radius 1 is 0.500 bits per heavy atom. The Morgan fingerprint density at radius 2 is 0.929 bits per heavy atom. The fourth-order valence-corrected chi connectivity index (χ4v) is 6.85. The number of aryl methyl sites for hydroxylation is 1. The second-order valence-electron chi connectivity index (χ2n) is 10.7. The van der Waals surface area contributed by atoms with E-state index in [1.165, 1.54) is 6.07 Å². The molecular formula is C32H50O8S2. The summed E-state index contributed by atoms with van der Waals surface area (Å²) < 4.78 is 0. The number of unbranched alkanes of at least 4 members (excludes halogenated alkanes) is 10. The van der Waals surface area contributed by atoms with Crippen molar-refractivity contribution in [2.75, 3.05) is 23.0 Å². The topological polar surface area (TPSA) is 149 Å². The summed E-state index contributed by atoms with van der Waals surface area (Å²) in [5, 5.41) is 36.8. The molecule has 1 aromatic carbocycles. The Balaban J connectivity index is 2.40. The van der Waals surface area contributed by atoms with Gasteiger partial charge >= 0.3 is 23.9 Å². The molecule has 1 aromatic rings. The van der Waals surface area contributed by atoms with Gasteiger partial charge in [-0.25, -0.2) is 9.59 Å². The molecule has 0 saturated heterocycles. The quantitative estimate of drug-likeness (QED) is 0.0673. The van der Waals surface area contributed by atoms with Crippen molar-refractivity contribution in [2.45, 2.75) is 116 Å². The summed E-state index contributed by atoms with van der Waals surface area (Å²) in [5.41, 5.74) is 1.39. The van der Waals surface area contributed by atoms with Crippen LogP contribution in [0, 0.1) is 0 Å². The number of benzene rings is 1. The minimum absolute atomic E-state index is 0.0658. The largest absolute Gasteiger partial charge is 0.481 e. The predicted octanol–water partition coefficient (Wildman–Crippen LogP) is 8.05. The normalized spacial score (nSPS) is 11.0. The zero-order valence-corrected chi connectivity index (χ0v) is 26.6. The molecule has 0 fully saturated rings. The Bertz CT molecular complexity index is 951. The molecule has 0 aromatic heterocycles. The van der Waals surface area contributed by atoms with Crippen molar-refractivity contribution in [3.05, 3.63) is 34.4 Å². The van der Waals surface area contributed by atoms with Crippen molar-refractivity contribution in [2.24, 2.45) is 0 Å². The maximum atomic E-state index is 12.1. The summed E-state index contributed by atoms with van der Waals surface area (Å²) in [6.45, 7) is 0. The molecule has 0 amide bonds. The first-order valence-corrected chi connectivity index (χ1v) is 17.7. The molecular weight excluding hydrogens is 576 g/mol. The van der Waals surface area contributed by atoms with Gasteiger partial charge in [0.25, 0.3) is 0 Å². The van der Waals surface area contributed by atoms with Crippen molar-refractivity contribution >= 4 is 47.4 Å². The van der Waals surface area contributed by atoms with Crippen LogP contribution in [-0.2, 0) is 22.4 Å². The van der Waals surface area contributed by atoms with Crippen molar-refractivity contribution in [1.29, 1.82) is 0 Å². The summed E-state index contributed by atoms with van der Waals surface area (Å²) in [6.07, 6.45) is 15.8. The van der Waals surface area contributed by atoms with E-state index in [1.54, 1.807) is 6.07 Å². The van der Waals surface area contributed by atoms with E-state index < -0.39 is 23.9 Å². The van der Waals surface area contributed by atoms with Gasteiger partial charge in [0.1, 0.15) is 0 Å². The smallest absolute Gasteiger partial charge is 0.336 e. The molecule has 0 atom stereocenters. The highest BCUT2D eigenvalue weighted by Gasteiger charge is 2.22. The SMILES string of the molecule is O=C(O)CCCCCCCCSCCCc1ccc(C(=O)O)c(C(=O)O)c1CCCSCCCCCCCCC(=O)O. The second kappa shape index (κ2) is 24.3. The number of carbonyl (C=O) groups is 4. The van der Waals surface area contributed by atoms with Gasteiger partial charge in [0, 0.05) is 12.8 Å². The van der Waals surface area contributed by atoms with Gasteiger partial charge in [-0.1, -0.05) is 57.4 Å². The maximum Gasteiger partial charge on any atom is 0.336 e. The van der Waals surface area contributed by atoms with Crippen LogP contribution < -0.4 is 0 Å². The Morgan fingerprint density at radius 3 is 1.38 bits per heavy atom. The third-order valence-corrected chi connectivity index (χ3v) is 9.47. The van der Waals surface area contributed by atoms with E-state index in [4.69, 9.17) is 10.2 Å². The highest BCUT2D eigenvalue weighted by molar-refractivity contribution is 7.99. The van der Waals surface area contributed by atoms with Crippen LogP contribution in [0.25, 0.3) is 0 Å². The molecule has 0 aliphatic rings. The Labute approximate surface area is 259 Å².